The third kappa shape index (κ3) is 3.30. The van der Waals surface area contributed by atoms with E-state index in [0.29, 0.717) is 17.3 Å². The summed E-state index contributed by atoms with van der Waals surface area (Å²) in [5.74, 6) is 0. The maximum atomic E-state index is 11.8. The molecule has 0 bridgehead atoms. The minimum Gasteiger partial charge on any atom is -0.394 e. The van der Waals surface area contributed by atoms with Crippen molar-refractivity contribution in [2.45, 2.75) is 13.1 Å². The van der Waals surface area contributed by atoms with E-state index < -0.39 is 5.56 Å². The number of halogens is 2. The number of aliphatic hydroxyl groups is 1. The van der Waals surface area contributed by atoms with E-state index >= 15 is 0 Å². The molecule has 0 spiro atoms. The van der Waals surface area contributed by atoms with Crippen LogP contribution in [0.2, 0.25) is 10.0 Å². The van der Waals surface area contributed by atoms with Crippen molar-refractivity contribution in [3.63, 3.8) is 0 Å². The molecule has 106 valence electrons. The van der Waals surface area contributed by atoms with Gasteiger partial charge in [0.15, 0.2) is 0 Å². The van der Waals surface area contributed by atoms with Crippen LogP contribution in [-0.4, -0.2) is 21.5 Å². The van der Waals surface area contributed by atoms with E-state index in [-0.39, 0.29) is 18.2 Å². The summed E-state index contributed by atoms with van der Waals surface area (Å²) in [6.07, 6.45) is 1.45. The molecule has 1 aromatic heterocycles. The predicted octanol–water partition coefficient (Wildman–Crippen LogP) is 2.15. The first kappa shape index (κ1) is 14.8. The van der Waals surface area contributed by atoms with E-state index in [4.69, 9.17) is 28.3 Å². The van der Waals surface area contributed by atoms with Crippen LogP contribution in [0.15, 0.2) is 35.3 Å². The van der Waals surface area contributed by atoms with E-state index in [9.17, 15) is 4.79 Å². The Balaban J connectivity index is 2.17. The summed E-state index contributed by atoms with van der Waals surface area (Å²) >= 11 is 12.0. The van der Waals surface area contributed by atoms with Gasteiger partial charge >= 0.3 is 0 Å². The highest BCUT2D eigenvalue weighted by Crippen LogP contribution is 2.19. The van der Waals surface area contributed by atoms with Gasteiger partial charge in [-0.3, -0.25) is 4.79 Å². The number of anilines is 1. The maximum Gasteiger partial charge on any atom is 0.287 e. The number of benzene rings is 1. The number of aliphatic hydroxyl groups excluding tert-OH is 1. The highest BCUT2D eigenvalue weighted by molar-refractivity contribution is 6.33. The molecule has 1 aromatic carbocycles. The zero-order valence-corrected chi connectivity index (χ0v) is 12.0. The molecule has 0 saturated carbocycles. The lowest BCUT2D eigenvalue weighted by Gasteiger charge is -2.10. The molecule has 7 heteroatoms. The Hall–Kier alpha value is -1.56. The number of rotatable bonds is 5. The Morgan fingerprint density at radius 3 is 2.75 bits per heavy atom. The molecule has 20 heavy (non-hydrogen) atoms. The van der Waals surface area contributed by atoms with Crippen LogP contribution in [0.4, 0.5) is 5.69 Å². The van der Waals surface area contributed by atoms with Crippen LogP contribution >= 0.6 is 23.2 Å². The second kappa shape index (κ2) is 6.74. The predicted molar refractivity (Wildman–Crippen MR) is 79.4 cm³/mol. The second-order valence-electron chi connectivity index (χ2n) is 4.07. The Morgan fingerprint density at radius 1 is 1.30 bits per heavy atom. The van der Waals surface area contributed by atoms with Gasteiger partial charge in [0.05, 0.1) is 25.0 Å². The van der Waals surface area contributed by atoms with Gasteiger partial charge in [-0.05, 0) is 11.6 Å². The molecule has 0 aliphatic carbocycles. The zero-order chi connectivity index (χ0) is 14.5. The minimum atomic E-state index is -0.440. The lowest BCUT2D eigenvalue weighted by Crippen LogP contribution is -2.25. The molecule has 0 saturated heterocycles. The fraction of sp³-hybridized carbons (Fsp3) is 0.231. The summed E-state index contributed by atoms with van der Waals surface area (Å²) in [6.45, 7) is 0.378. The number of aromatic nitrogens is 2. The number of hydrogen-bond donors (Lipinski definition) is 2. The maximum absolute atomic E-state index is 11.8. The van der Waals surface area contributed by atoms with Gasteiger partial charge in [-0.25, -0.2) is 4.68 Å². The molecule has 2 N–H and O–H groups in total. The topological polar surface area (TPSA) is 67.2 Å². The van der Waals surface area contributed by atoms with Crippen molar-refractivity contribution in [3.05, 3.63) is 56.4 Å². The SMILES string of the molecule is O=c1c(Cl)c(NCc2ccccc2Cl)cnn1CCO. The van der Waals surface area contributed by atoms with Crippen molar-refractivity contribution in [1.29, 1.82) is 0 Å². The monoisotopic (exact) mass is 313 g/mol. The smallest absolute Gasteiger partial charge is 0.287 e. The first-order valence-electron chi connectivity index (χ1n) is 5.97. The summed E-state index contributed by atoms with van der Waals surface area (Å²) < 4.78 is 1.11. The Bertz CT molecular complexity index is 658. The van der Waals surface area contributed by atoms with Crippen LogP contribution in [0, 0.1) is 0 Å². The van der Waals surface area contributed by atoms with Crippen molar-refractivity contribution in [3.8, 4) is 0 Å². The molecule has 2 rings (SSSR count). The number of nitrogens with one attached hydrogen (secondary N) is 1. The molecule has 0 aliphatic rings. The van der Waals surface area contributed by atoms with Crippen LogP contribution in [0.5, 0.6) is 0 Å². The lowest BCUT2D eigenvalue weighted by molar-refractivity contribution is 0.266. The third-order valence-electron chi connectivity index (χ3n) is 2.72. The Morgan fingerprint density at radius 2 is 2.05 bits per heavy atom. The van der Waals surface area contributed by atoms with E-state index in [1.54, 1.807) is 6.07 Å². The van der Waals surface area contributed by atoms with Crippen LogP contribution in [0.25, 0.3) is 0 Å². The van der Waals surface area contributed by atoms with Crippen LogP contribution in [0.1, 0.15) is 5.56 Å². The Kier molecular flexibility index (Phi) is 5.00. The molecule has 0 amide bonds. The van der Waals surface area contributed by atoms with Gasteiger partial charge in [0.1, 0.15) is 5.02 Å². The average Bonchev–Trinajstić information content (AvgIpc) is 2.45. The molecule has 1 heterocycles. The van der Waals surface area contributed by atoms with E-state index in [2.05, 4.69) is 10.4 Å². The minimum absolute atomic E-state index is 0.0421. The fourth-order valence-electron chi connectivity index (χ4n) is 1.67. The van der Waals surface area contributed by atoms with Gasteiger partial charge in [-0.1, -0.05) is 41.4 Å². The van der Waals surface area contributed by atoms with Gasteiger partial charge < -0.3 is 10.4 Å². The molecule has 0 aliphatic heterocycles. The van der Waals surface area contributed by atoms with Gasteiger partial charge in [0.25, 0.3) is 5.56 Å². The van der Waals surface area contributed by atoms with Crippen LogP contribution in [0.3, 0.4) is 0 Å². The highest BCUT2D eigenvalue weighted by atomic mass is 35.5. The number of nitrogens with zero attached hydrogens (tertiary/aromatic N) is 2. The zero-order valence-electron chi connectivity index (χ0n) is 10.5. The van der Waals surface area contributed by atoms with Crippen LogP contribution in [-0.2, 0) is 13.1 Å². The molecular formula is C13H13Cl2N3O2. The third-order valence-corrected chi connectivity index (χ3v) is 3.46. The van der Waals surface area contributed by atoms with Gasteiger partial charge in [-0.15, -0.1) is 0 Å². The van der Waals surface area contributed by atoms with E-state index in [0.717, 1.165) is 10.2 Å². The van der Waals surface area contributed by atoms with Crippen molar-refractivity contribution >= 4 is 28.9 Å². The average molecular weight is 314 g/mol. The normalized spacial score (nSPS) is 10.6. The second-order valence-corrected chi connectivity index (χ2v) is 4.85. The van der Waals surface area contributed by atoms with Gasteiger partial charge in [0.2, 0.25) is 0 Å². The number of hydrogen-bond acceptors (Lipinski definition) is 4. The summed E-state index contributed by atoms with van der Waals surface area (Å²) in [7, 11) is 0. The standard InChI is InChI=1S/C13H13Cl2N3O2/c14-10-4-2-1-3-9(10)7-16-11-8-17-18(5-6-19)13(20)12(11)15/h1-4,8,16,19H,5-7H2. The molecule has 0 fully saturated rings. The lowest BCUT2D eigenvalue weighted by atomic mass is 10.2. The molecule has 0 radical (unpaired) electrons. The van der Waals surface area contributed by atoms with E-state index in [1.165, 1.54) is 6.20 Å². The van der Waals surface area contributed by atoms with Crippen molar-refractivity contribution in [1.82, 2.24) is 9.78 Å². The largest absolute Gasteiger partial charge is 0.394 e. The summed E-state index contributed by atoms with van der Waals surface area (Å²) in [4.78, 5) is 11.8. The van der Waals surface area contributed by atoms with Gasteiger partial charge in [-0.2, -0.15) is 5.10 Å². The first-order chi connectivity index (χ1) is 9.63. The first-order valence-corrected chi connectivity index (χ1v) is 6.73. The van der Waals surface area contributed by atoms with Crippen molar-refractivity contribution in [2.75, 3.05) is 11.9 Å². The van der Waals surface area contributed by atoms with Crippen molar-refractivity contribution < 1.29 is 5.11 Å². The quantitative estimate of drug-likeness (QED) is 0.887. The molecule has 5 nitrogen and oxygen atoms in total. The molecule has 0 unspecified atom stereocenters. The van der Waals surface area contributed by atoms with Crippen molar-refractivity contribution in [2.24, 2.45) is 0 Å². The molecule has 0 atom stereocenters. The summed E-state index contributed by atoms with van der Waals surface area (Å²) in [6, 6.07) is 7.39. The summed E-state index contributed by atoms with van der Waals surface area (Å²) in [5.41, 5.74) is 0.889. The highest BCUT2D eigenvalue weighted by Gasteiger charge is 2.09. The fourth-order valence-corrected chi connectivity index (χ4v) is 2.09. The van der Waals surface area contributed by atoms with Gasteiger partial charge in [0, 0.05) is 11.6 Å². The van der Waals surface area contributed by atoms with E-state index in [1.807, 2.05) is 18.2 Å². The summed E-state index contributed by atoms with van der Waals surface area (Å²) in [5, 5.41) is 16.4. The van der Waals surface area contributed by atoms with Crippen LogP contribution < -0.4 is 10.9 Å². The molecular weight excluding hydrogens is 301 g/mol. The molecule has 2 aromatic rings. The Labute approximate surface area is 125 Å².